The van der Waals surface area contributed by atoms with Crippen molar-refractivity contribution in [3.8, 4) is 5.75 Å². The van der Waals surface area contributed by atoms with Crippen LogP contribution in [0.25, 0.3) is 0 Å². The largest absolute Gasteiger partial charge is 0.473 e. The fraction of sp³-hybridized carbons (Fsp3) is 0.417. The Morgan fingerprint density at radius 2 is 1.88 bits per heavy atom. The van der Waals surface area contributed by atoms with Gasteiger partial charge in [0.25, 0.3) is 0 Å². The van der Waals surface area contributed by atoms with Crippen LogP contribution >= 0.6 is 11.6 Å². The van der Waals surface area contributed by atoms with Crippen LogP contribution in [0.4, 0.5) is 4.79 Å². The third-order valence-corrected chi connectivity index (χ3v) is 2.58. The summed E-state index contributed by atoms with van der Waals surface area (Å²) in [7, 11) is 0. The summed E-state index contributed by atoms with van der Waals surface area (Å²) in [5.74, 6) is 0.675. The highest BCUT2D eigenvalue weighted by molar-refractivity contribution is 6.30. The zero-order valence-corrected chi connectivity index (χ0v) is 10.8. The highest BCUT2D eigenvalue weighted by Gasteiger charge is 2.07. The van der Waals surface area contributed by atoms with Gasteiger partial charge in [0.2, 0.25) is 0 Å². The van der Waals surface area contributed by atoms with Gasteiger partial charge in [-0.3, -0.25) is 0 Å². The molecule has 0 unspecified atom stereocenters. The molecule has 0 saturated carbocycles. The Kier molecular flexibility index (Phi) is 5.63. The van der Waals surface area contributed by atoms with E-state index in [0.29, 0.717) is 23.9 Å². The molecule has 1 rings (SSSR count). The van der Waals surface area contributed by atoms with E-state index in [0.717, 1.165) is 0 Å². The van der Waals surface area contributed by atoms with E-state index in [4.69, 9.17) is 16.3 Å². The molecule has 4 nitrogen and oxygen atoms in total. The number of amides is 2. The quantitative estimate of drug-likeness (QED) is 0.823. The zero-order chi connectivity index (χ0) is 12.7. The normalized spacial score (nSPS) is 9.82. The summed E-state index contributed by atoms with van der Waals surface area (Å²) in [4.78, 5) is 13.2. The predicted molar refractivity (Wildman–Crippen MR) is 68.4 cm³/mol. The highest BCUT2D eigenvalue weighted by atomic mass is 35.5. The van der Waals surface area contributed by atoms with Crippen LogP contribution in [0.2, 0.25) is 5.02 Å². The van der Waals surface area contributed by atoms with E-state index < -0.39 is 0 Å². The number of carbonyl (C=O) groups is 1. The first-order valence-corrected chi connectivity index (χ1v) is 5.96. The van der Waals surface area contributed by atoms with Crippen LogP contribution in [0.15, 0.2) is 24.3 Å². The van der Waals surface area contributed by atoms with Gasteiger partial charge in [-0.2, -0.15) is 0 Å². The molecule has 0 aliphatic heterocycles. The van der Waals surface area contributed by atoms with E-state index in [1.165, 1.54) is 0 Å². The molecule has 0 radical (unpaired) electrons. The molecule has 0 aliphatic carbocycles. The van der Waals surface area contributed by atoms with E-state index >= 15 is 0 Å². The number of benzene rings is 1. The SMILES string of the molecule is CCN(CC)C(=O)NCOc1ccc(Cl)cc1. The Morgan fingerprint density at radius 3 is 2.41 bits per heavy atom. The molecule has 0 fully saturated rings. The number of nitrogens with one attached hydrogen (secondary N) is 1. The van der Waals surface area contributed by atoms with Gasteiger partial charge in [-0.1, -0.05) is 11.6 Å². The summed E-state index contributed by atoms with van der Waals surface area (Å²) < 4.78 is 5.35. The molecule has 0 saturated heterocycles. The zero-order valence-electron chi connectivity index (χ0n) is 10.1. The molecule has 94 valence electrons. The molecule has 1 aromatic rings. The van der Waals surface area contributed by atoms with Gasteiger partial charge in [-0.25, -0.2) is 4.79 Å². The third kappa shape index (κ3) is 4.53. The maximum atomic E-state index is 11.6. The summed E-state index contributed by atoms with van der Waals surface area (Å²) in [5, 5.41) is 3.34. The predicted octanol–water partition coefficient (Wildman–Crippen LogP) is 2.73. The average Bonchev–Trinajstić information content (AvgIpc) is 2.33. The van der Waals surface area contributed by atoms with Crippen molar-refractivity contribution < 1.29 is 9.53 Å². The van der Waals surface area contributed by atoms with Crippen molar-refractivity contribution in [2.75, 3.05) is 19.8 Å². The van der Waals surface area contributed by atoms with E-state index in [1.54, 1.807) is 29.2 Å². The van der Waals surface area contributed by atoms with Crippen molar-refractivity contribution >= 4 is 17.6 Å². The molecule has 5 heteroatoms. The van der Waals surface area contributed by atoms with E-state index in [1.807, 2.05) is 13.8 Å². The van der Waals surface area contributed by atoms with Crippen molar-refractivity contribution in [1.29, 1.82) is 0 Å². The van der Waals surface area contributed by atoms with Crippen molar-refractivity contribution in [1.82, 2.24) is 10.2 Å². The third-order valence-electron chi connectivity index (χ3n) is 2.33. The number of rotatable bonds is 5. The van der Waals surface area contributed by atoms with Gasteiger partial charge in [-0.15, -0.1) is 0 Å². The Hall–Kier alpha value is -1.42. The second kappa shape index (κ2) is 7.01. The first kappa shape index (κ1) is 13.6. The second-order valence-corrected chi connectivity index (χ2v) is 3.83. The minimum Gasteiger partial charge on any atom is -0.473 e. The van der Waals surface area contributed by atoms with E-state index in [9.17, 15) is 4.79 Å². The van der Waals surface area contributed by atoms with Gasteiger partial charge >= 0.3 is 6.03 Å². The molecule has 17 heavy (non-hydrogen) atoms. The van der Waals surface area contributed by atoms with Crippen LogP contribution in [0, 0.1) is 0 Å². The number of ether oxygens (including phenoxy) is 1. The fourth-order valence-electron chi connectivity index (χ4n) is 1.33. The van der Waals surface area contributed by atoms with Gasteiger partial charge in [0.05, 0.1) is 0 Å². The first-order chi connectivity index (χ1) is 8.17. The van der Waals surface area contributed by atoms with E-state index in [-0.39, 0.29) is 12.8 Å². The lowest BCUT2D eigenvalue weighted by Gasteiger charge is -2.19. The Labute approximate surface area is 107 Å². The molecule has 0 aliphatic rings. The number of hydrogen-bond acceptors (Lipinski definition) is 2. The van der Waals surface area contributed by atoms with Gasteiger partial charge in [-0.05, 0) is 38.1 Å². The molecule has 0 heterocycles. The van der Waals surface area contributed by atoms with Crippen molar-refractivity contribution in [2.45, 2.75) is 13.8 Å². The molecular weight excluding hydrogens is 240 g/mol. The second-order valence-electron chi connectivity index (χ2n) is 3.40. The monoisotopic (exact) mass is 256 g/mol. The number of halogens is 1. The van der Waals surface area contributed by atoms with E-state index in [2.05, 4.69) is 5.32 Å². The lowest BCUT2D eigenvalue weighted by molar-refractivity contribution is 0.189. The molecule has 0 atom stereocenters. The molecule has 2 amide bonds. The lowest BCUT2D eigenvalue weighted by Crippen LogP contribution is -2.41. The van der Waals surface area contributed by atoms with Crippen LogP contribution in [-0.4, -0.2) is 30.8 Å². The van der Waals surface area contributed by atoms with Gasteiger partial charge in [0.15, 0.2) is 6.73 Å². The fourth-order valence-corrected chi connectivity index (χ4v) is 1.46. The van der Waals surface area contributed by atoms with Gasteiger partial charge < -0.3 is 15.0 Å². The summed E-state index contributed by atoms with van der Waals surface area (Å²) in [6.45, 7) is 5.38. The number of carbonyl (C=O) groups excluding carboxylic acids is 1. The first-order valence-electron chi connectivity index (χ1n) is 5.58. The molecule has 0 spiro atoms. The van der Waals surface area contributed by atoms with Crippen LogP contribution in [0.1, 0.15) is 13.8 Å². The van der Waals surface area contributed by atoms with Crippen LogP contribution in [0.3, 0.4) is 0 Å². The molecule has 0 bridgehead atoms. The minimum absolute atomic E-state index is 0.121. The minimum atomic E-state index is -0.121. The van der Waals surface area contributed by atoms with Crippen LogP contribution in [0.5, 0.6) is 5.75 Å². The maximum Gasteiger partial charge on any atom is 0.319 e. The van der Waals surface area contributed by atoms with Crippen molar-refractivity contribution in [3.63, 3.8) is 0 Å². The standard InChI is InChI=1S/C12H17ClN2O2/c1-3-15(4-2)12(16)14-9-17-11-7-5-10(13)6-8-11/h5-8H,3-4,9H2,1-2H3,(H,14,16). The molecule has 0 aromatic heterocycles. The van der Waals surface area contributed by atoms with Crippen LogP contribution < -0.4 is 10.1 Å². The highest BCUT2D eigenvalue weighted by Crippen LogP contribution is 2.14. The molecular formula is C12H17ClN2O2. The number of nitrogens with zero attached hydrogens (tertiary/aromatic N) is 1. The number of urea groups is 1. The summed E-state index contributed by atoms with van der Waals surface area (Å²) in [6.07, 6.45) is 0. The van der Waals surface area contributed by atoms with Crippen molar-refractivity contribution in [3.05, 3.63) is 29.3 Å². The summed E-state index contributed by atoms with van der Waals surface area (Å²) in [5.41, 5.74) is 0. The summed E-state index contributed by atoms with van der Waals surface area (Å²) in [6, 6.07) is 6.87. The topological polar surface area (TPSA) is 41.6 Å². The average molecular weight is 257 g/mol. The van der Waals surface area contributed by atoms with Crippen molar-refractivity contribution in [2.24, 2.45) is 0 Å². The molecule has 1 aromatic carbocycles. The summed E-state index contributed by atoms with van der Waals surface area (Å²) >= 11 is 5.74. The van der Waals surface area contributed by atoms with Gasteiger partial charge in [0, 0.05) is 18.1 Å². The maximum absolute atomic E-state index is 11.6. The number of hydrogen-bond donors (Lipinski definition) is 1. The Balaban J connectivity index is 2.32. The Bertz CT molecular complexity index is 350. The molecule has 1 N–H and O–H groups in total. The van der Waals surface area contributed by atoms with Crippen LogP contribution in [-0.2, 0) is 0 Å². The Morgan fingerprint density at radius 1 is 1.29 bits per heavy atom. The lowest BCUT2D eigenvalue weighted by atomic mass is 10.3. The smallest absolute Gasteiger partial charge is 0.319 e. The van der Waals surface area contributed by atoms with Gasteiger partial charge in [0.1, 0.15) is 5.75 Å².